The highest BCUT2D eigenvalue weighted by molar-refractivity contribution is 7.95. The number of anilines is 2. The van der Waals surface area contributed by atoms with Crippen molar-refractivity contribution in [1.29, 1.82) is 5.26 Å². The first kappa shape index (κ1) is 14.6. The molecule has 0 spiro atoms. The number of nitriles is 1. The van der Waals surface area contributed by atoms with Crippen molar-refractivity contribution >= 4 is 32.8 Å². The molecule has 3 rings (SSSR count). The van der Waals surface area contributed by atoms with Gasteiger partial charge in [-0.3, -0.25) is 0 Å². The van der Waals surface area contributed by atoms with Crippen molar-refractivity contribution in [2.45, 2.75) is 4.90 Å². The number of hydrogen-bond donors (Lipinski definition) is 0. The van der Waals surface area contributed by atoms with Crippen LogP contribution in [0.25, 0.3) is 0 Å². The summed E-state index contributed by atoms with van der Waals surface area (Å²) in [5.41, 5.74) is 0.575. The van der Waals surface area contributed by atoms with Crippen LogP contribution in [-0.2, 0) is 9.84 Å². The molecule has 0 radical (unpaired) electrons. The first-order chi connectivity index (χ1) is 10.4. The Labute approximate surface area is 131 Å². The molecular weight excluding hydrogens is 327 g/mol. The van der Waals surface area contributed by atoms with E-state index < -0.39 is 20.6 Å². The Bertz CT molecular complexity index is 948. The number of allylic oxidation sites excluding steroid dienone is 1. The van der Waals surface area contributed by atoms with Gasteiger partial charge in [-0.2, -0.15) is 5.26 Å². The first-order valence-electron chi connectivity index (χ1n) is 6.15. The van der Waals surface area contributed by atoms with Crippen LogP contribution in [-0.4, -0.2) is 8.42 Å². The van der Waals surface area contributed by atoms with Gasteiger partial charge in [-0.15, -0.1) is 0 Å². The van der Waals surface area contributed by atoms with E-state index in [1.807, 2.05) is 0 Å². The summed E-state index contributed by atoms with van der Waals surface area (Å²) in [5, 5.41) is 9.35. The Kier molecular flexibility index (Phi) is 3.39. The molecule has 0 bridgehead atoms. The summed E-state index contributed by atoms with van der Waals surface area (Å²) < 4.78 is 38.2. The van der Waals surface area contributed by atoms with E-state index in [1.54, 1.807) is 24.3 Å². The van der Waals surface area contributed by atoms with Crippen LogP contribution in [0, 0.1) is 17.1 Å². The number of halogens is 2. The van der Waals surface area contributed by atoms with Gasteiger partial charge in [-0.05, 0) is 30.3 Å². The monoisotopic (exact) mass is 334 g/mol. The van der Waals surface area contributed by atoms with Gasteiger partial charge < -0.3 is 4.90 Å². The number of hydrogen-bond acceptors (Lipinski definition) is 4. The summed E-state index contributed by atoms with van der Waals surface area (Å²) in [6.07, 6.45) is 1.15. The van der Waals surface area contributed by atoms with Crippen LogP contribution < -0.4 is 4.90 Å². The molecular formula is C15H8ClFN2O2S. The average Bonchev–Trinajstić information content (AvgIpc) is 2.50. The molecule has 0 saturated heterocycles. The molecule has 0 saturated carbocycles. The highest BCUT2D eigenvalue weighted by atomic mass is 35.5. The molecule has 0 unspecified atom stereocenters. The second-order valence-corrected chi connectivity index (χ2v) is 6.84. The molecule has 1 heterocycles. The SMILES string of the molecule is N#CC1=CN(c2cc(F)ccc2Cl)c2ccccc2S1(=O)=O. The van der Waals surface area contributed by atoms with Crippen molar-refractivity contribution in [3.63, 3.8) is 0 Å². The van der Waals surface area contributed by atoms with Gasteiger partial charge in [0.1, 0.15) is 11.9 Å². The van der Waals surface area contributed by atoms with Gasteiger partial charge in [0.05, 0.1) is 21.3 Å². The summed E-state index contributed by atoms with van der Waals surface area (Å²) in [6, 6.07) is 11.6. The van der Waals surface area contributed by atoms with Crippen LogP contribution in [0.4, 0.5) is 15.8 Å². The zero-order valence-electron chi connectivity index (χ0n) is 11.0. The Hall–Kier alpha value is -2.36. The van der Waals surface area contributed by atoms with Gasteiger partial charge in [0.15, 0.2) is 4.91 Å². The molecule has 2 aromatic carbocycles. The second kappa shape index (κ2) is 5.13. The molecule has 0 aliphatic carbocycles. The normalized spacial score (nSPS) is 15.7. The predicted molar refractivity (Wildman–Crippen MR) is 80.9 cm³/mol. The molecule has 1 aliphatic heterocycles. The van der Waals surface area contributed by atoms with Gasteiger partial charge in [-0.25, -0.2) is 12.8 Å². The van der Waals surface area contributed by atoms with Crippen molar-refractivity contribution in [1.82, 2.24) is 0 Å². The number of sulfone groups is 1. The van der Waals surface area contributed by atoms with Crippen LogP contribution >= 0.6 is 11.6 Å². The topological polar surface area (TPSA) is 61.2 Å². The molecule has 0 atom stereocenters. The van der Waals surface area contributed by atoms with Crippen molar-refractivity contribution in [2.75, 3.05) is 4.90 Å². The minimum absolute atomic E-state index is 0.0191. The van der Waals surface area contributed by atoms with Gasteiger partial charge in [0.25, 0.3) is 0 Å². The van der Waals surface area contributed by atoms with Crippen LogP contribution in [0.1, 0.15) is 0 Å². The van der Waals surface area contributed by atoms with Crippen molar-refractivity contribution in [3.05, 3.63) is 64.4 Å². The Morgan fingerprint density at radius 1 is 1.14 bits per heavy atom. The second-order valence-electron chi connectivity index (χ2n) is 4.54. The van der Waals surface area contributed by atoms with Gasteiger partial charge in [0.2, 0.25) is 9.84 Å². The Balaban J connectivity index is 2.33. The lowest BCUT2D eigenvalue weighted by Crippen LogP contribution is -2.21. The van der Waals surface area contributed by atoms with E-state index in [0.717, 1.165) is 6.20 Å². The van der Waals surface area contributed by atoms with Crippen molar-refractivity contribution in [2.24, 2.45) is 0 Å². The number of para-hydroxylation sites is 1. The van der Waals surface area contributed by atoms with Crippen LogP contribution in [0.3, 0.4) is 0 Å². The molecule has 0 amide bonds. The lowest BCUT2D eigenvalue weighted by atomic mass is 10.2. The fraction of sp³-hybridized carbons (Fsp3) is 0. The summed E-state index contributed by atoms with van der Waals surface area (Å²) in [7, 11) is -3.88. The average molecular weight is 335 g/mol. The zero-order valence-corrected chi connectivity index (χ0v) is 12.6. The maximum atomic E-state index is 13.5. The van der Waals surface area contributed by atoms with E-state index in [0.29, 0.717) is 5.69 Å². The molecule has 110 valence electrons. The largest absolute Gasteiger partial charge is 0.312 e. The third-order valence-corrected chi connectivity index (χ3v) is 5.25. The maximum Gasteiger partial charge on any atom is 0.220 e. The lowest BCUT2D eigenvalue weighted by Gasteiger charge is -2.28. The number of benzene rings is 2. The van der Waals surface area contributed by atoms with Crippen molar-refractivity contribution < 1.29 is 12.8 Å². The molecule has 22 heavy (non-hydrogen) atoms. The Morgan fingerprint density at radius 3 is 2.59 bits per heavy atom. The molecule has 2 aromatic rings. The van der Waals surface area contributed by atoms with Crippen molar-refractivity contribution in [3.8, 4) is 6.07 Å². The van der Waals surface area contributed by atoms with Crippen LogP contribution in [0.5, 0.6) is 0 Å². The van der Waals surface area contributed by atoms with E-state index in [-0.39, 0.29) is 15.6 Å². The molecule has 4 nitrogen and oxygen atoms in total. The maximum absolute atomic E-state index is 13.5. The minimum atomic E-state index is -3.88. The Morgan fingerprint density at radius 2 is 1.86 bits per heavy atom. The number of rotatable bonds is 1. The zero-order chi connectivity index (χ0) is 15.9. The van der Waals surface area contributed by atoms with E-state index in [9.17, 15) is 12.8 Å². The summed E-state index contributed by atoms with van der Waals surface area (Å²) in [6.45, 7) is 0. The summed E-state index contributed by atoms with van der Waals surface area (Å²) in [4.78, 5) is 0.960. The highest BCUT2D eigenvalue weighted by Gasteiger charge is 2.32. The molecule has 0 N–H and O–H groups in total. The van der Waals surface area contributed by atoms with E-state index in [2.05, 4.69) is 0 Å². The third kappa shape index (κ3) is 2.15. The summed E-state index contributed by atoms with van der Waals surface area (Å²) in [5.74, 6) is -0.516. The predicted octanol–water partition coefficient (Wildman–Crippen LogP) is 3.77. The highest BCUT2D eigenvalue weighted by Crippen LogP contribution is 2.41. The fourth-order valence-corrected chi connectivity index (χ4v) is 3.73. The van der Waals surface area contributed by atoms with E-state index in [4.69, 9.17) is 16.9 Å². The molecule has 1 aliphatic rings. The number of fused-ring (bicyclic) bond motifs is 1. The third-order valence-electron chi connectivity index (χ3n) is 3.23. The van der Waals surface area contributed by atoms with E-state index >= 15 is 0 Å². The van der Waals surface area contributed by atoms with Gasteiger partial charge in [-0.1, -0.05) is 23.7 Å². The standard InChI is InChI=1S/C15H8ClFN2O2S/c16-12-6-5-10(17)7-14(12)19-9-11(8-18)22(20,21)15-4-2-1-3-13(15)19/h1-7,9H. The van der Waals surface area contributed by atoms with Crippen LogP contribution in [0.2, 0.25) is 5.02 Å². The number of nitrogens with zero attached hydrogens (tertiary/aromatic N) is 2. The molecule has 7 heteroatoms. The smallest absolute Gasteiger partial charge is 0.220 e. The fourth-order valence-electron chi connectivity index (χ4n) is 2.22. The minimum Gasteiger partial charge on any atom is -0.312 e. The van der Waals surface area contributed by atoms with Crippen LogP contribution in [0.15, 0.2) is 58.5 Å². The molecule has 0 aromatic heterocycles. The quantitative estimate of drug-likeness (QED) is 0.796. The van der Waals surface area contributed by atoms with Gasteiger partial charge >= 0.3 is 0 Å². The summed E-state index contributed by atoms with van der Waals surface area (Å²) >= 11 is 6.09. The van der Waals surface area contributed by atoms with E-state index in [1.165, 1.54) is 29.2 Å². The lowest BCUT2D eigenvalue weighted by molar-refractivity contribution is 0.602. The first-order valence-corrected chi connectivity index (χ1v) is 8.01. The van der Waals surface area contributed by atoms with Gasteiger partial charge in [0, 0.05) is 6.20 Å². The molecule has 0 fully saturated rings.